The number of methoxy groups -OCH3 is 2. The van der Waals surface area contributed by atoms with Crippen molar-refractivity contribution in [3.63, 3.8) is 0 Å². The smallest absolute Gasteiger partial charge is 0.166 e. The van der Waals surface area contributed by atoms with Crippen molar-refractivity contribution in [3.05, 3.63) is 70.5 Å². The fourth-order valence-electron chi connectivity index (χ4n) is 2.15. The number of benzene rings is 2. The molecule has 0 unspecified atom stereocenters. The second-order valence-corrected chi connectivity index (χ2v) is 5.99. The van der Waals surface area contributed by atoms with Crippen LogP contribution in [0.25, 0.3) is 24.3 Å². The summed E-state index contributed by atoms with van der Waals surface area (Å²) in [5.41, 5.74) is 2.16. The van der Waals surface area contributed by atoms with Gasteiger partial charge in [-0.2, -0.15) is 4.37 Å². The van der Waals surface area contributed by atoms with Crippen molar-refractivity contribution >= 4 is 35.8 Å². The predicted molar refractivity (Wildman–Crippen MR) is 104 cm³/mol. The van der Waals surface area contributed by atoms with Crippen LogP contribution in [-0.2, 0) is 0 Å². The quantitative estimate of drug-likeness (QED) is 0.634. The third-order valence-corrected chi connectivity index (χ3v) is 4.23. The molecule has 0 bridgehead atoms. The highest BCUT2D eigenvalue weighted by molar-refractivity contribution is 7.06. The highest BCUT2D eigenvalue weighted by Crippen LogP contribution is 2.16. The largest absolute Gasteiger partial charge is 0.497 e. The van der Waals surface area contributed by atoms with Crippen molar-refractivity contribution in [1.82, 2.24) is 9.36 Å². The standard InChI is InChI=1S/C20H18N2O2S/c1-23-17-9-3-15(4-10-17)7-13-19-21-20(25-22-19)14-8-16-5-11-18(24-2)12-6-16/h3-14H,1-2H3. The van der Waals surface area contributed by atoms with Gasteiger partial charge in [0.25, 0.3) is 0 Å². The Morgan fingerprint density at radius 3 is 1.76 bits per heavy atom. The van der Waals surface area contributed by atoms with Crippen LogP contribution in [0.5, 0.6) is 11.5 Å². The van der Waals surface area contributed by atoms with Gasteiger partial charge in [-0.05, 0) is 59.1 Å². The minimum absolute atomic E-state index is 0.704. The summed E-state index contributed by atoms with van der Waals surface area (Å²) in [7, 11) is 3.32. The van der Waals surface area contributed by atoms with E-state index in [1.165, 1.54) is 11.5 Å². The molecule has 0 fully saturated rings. The average molecular weight is 350 g/mol. The first-order valence-electron chi connectivity index (χ1n) is 7.75. The Labute approximate surface area is 151 Å². The fourth-order valence-corrected chi connectivity index (χ4v) is 2.70. The third-order valence-electron chi connectivity index (χ3n) is 3.53. The summed E-state index contributed by atoms with van der Waals surface area (Å²) in [5, 5.41) is 0.866. The van der Waals surface area contributed by atoms with Gasteiger partial charge in [-0.1, -0.05) is 36.4 Å². The third kappa shape index (κ3) is 4.78. The van der Waals surface area contributed by atoms with E-state index in [1.807, 2.05) is 72.8 Å². The highest BCUT2D eigenvalue weighted by atomic mass is 32.1. The van der Waals surface area contributed by atoms with Crippen molar-refractivity contribution in [2.24, 2.45) is 0 Å². The summed E-state index contributed by atoms with van der Waals surface area (Å²) in [4.78, 5) is 4.49. The van der Waals surface area contributed by atoms with Crippen molar-refractivity contribution in [3.8, 4) is 11.5 Å². The van der Waals surface area contributed by atoms with Crippen LogP contribution in [0.15, 0.2) is 48.5 Å². The van der Waals surface area contributed by atoms with Gasteiger partial charge in [0.15, 0.2) is 5.82 Å². The Morgan fingerprint density at radius 2 is 1.24 bits per heavy atom. The zero-order valence-electron chi connectivity index (χ0n) is 14.0. The second-order valence-electron chi connectivity index (χ2n) is 5.20. The summed E-state index contributed by atoms with van der Waals surface area (Å²) in [5.74, 6) is 2.39. The maximum Gasteiger partial charge on any atom is 0.166 e. The zero-order valence-corrected chi connectivity index (χ0v) is 14.9. The molecule has 4 nitrogen and oxygen atoms in total. The molecule has 3 aromatic rings. The van der Waals surface area contributed by atoms with Gasteiger partial charge in [-0.3, -0.25) is 0 Å². The van der Waals surface area contributed by atoms with Crippen LogP contribution in [0, 0.1) is 0 Å². The van der Waals surface area contributed by atoms with Crippen molar-refractivity contribution < 1.29 is 9.47 Å². The molecule has 25 heavy (non-hydrogen) atoms. The molecule has 0 N–H and O–H groups in total. The number of rotatable bonds is 6. The van der Waals surface area contributed by atoms with Crippen LogP contribution in [-0.4, -0.2) is 23.6 Å². The first-order chi connectivity index (χ1) is 12.3. The molecular formula is C20H18N2O2S. The molecule has 0 aliphatic carbocycles. The van der Waals surface area contributed by atoms with Crippen LogP contribution in [0.1, 0.15) is 22.0 Å². The molecule has 1 heterocycles. The molecule has 0 saturated carbocycles. The molecule has 126 valence electrons. The zero-order chi connectivity index (χ0) is 17.5. The molecule has 0 atom stereocenters. The van der Waals surface area contributed by atoms with E-state index in [0.29, 0.717) is 5.82 Å². The van der Waals surface area contributed by atoms with Gasteiger partial charge in [0.05, 0.1) is 14.2 Å². The predicted octanol–water partition coefficient (Wildman–Crippen LogP) is 4.90. The highest BCUT2D eigenvalue weighted by Gasteiger charge is 1.98. The van der Waals surface area contributed by atoms with Crippen LogP contribution in [0.2, 0.25) is 0 Å². The molecule has 0 radical (unpaired) electrons. The van der Waals surface area contributed by atoms with Crippen molar-refractivity contribution in [2.75, 3.05) is 14.2 Å². The van der Waals surface area contributed by atoms with Gasteiger partial charge in [0, 0.05) is 0 Å². The summed E-state index contributed by atoms with van der Waals surface area (Å²) in [6.07, 6.45) is 7.86. The van der Waals surface area contributed by atoms with E-state index >= 15 is 0 Å². The van der Waals surface area contributed by atoms with Gasteiger partial charge >= 0.3 is 0 Å². The summed E-state index contributed by atoms with van der Waals surface area (Å²) < 4.78 is 14.7. The number of ether oxygens (including phenoxy) is 2. The van der Waals surface area contributed by atoms with E-state index in [1.54, 1.807) is 14.2 Å². The molecule has 3 rings (SSSR count). The van der Waals surface area contributed by atoms with Gasteiger partial charge in [-0.15, -0.1) is 0 Å². The normalized spacial score (nSPS) is 11.3. The SMILES string of the molecule is COc1ccc(C=Cc2nsc(C=Cc3ccc(OC)cc3)n2)cc1. The number of hydrogen-bond acceptors (Lipinski definition) is 5. The molecule has 0 spiro atoms. The van der Waals surface area contributed by atoms with Crippen LogP contribution >= 0.6 is 11.5 Å². The van der Waals surface area contributed by atoms with Gasteiger partial charge < -0.3 is 9.47 Å². The lowest BCUT2D eigenvalue weighted by Crippen LogP contribution is -1.81. The molecule has 0 amide bonds. The summed E-state index contributed by atoms with van der Waals surface area (Å²) in [6.45, 7) is 0. The maximum absolute atomic E-state index is 5.15. The van der Waals surface area contributed by atoms with E-state index < -0.39 is 0 Å². The van der Waals surface area contributed by atoms with Gasteiger partial charge in [0.1, 0.15) is 16.5 Å². The lowest BCUT2D eigenvalue weighted by atomic mass is 10.2. The number of aromatic nitrogens is 2. The lowest BCUT2D eigenvalue weighted by molar-refractivity contribution is 0.414. The molecule has 0 saturated heterocycles. The Kier molecular flexibility index (Phi) is 5.59. The molecule has 1 aromatic heterocycles. The topological polar surface area (TPSA) is 44.2 Å². The number of nitrogens with zero attached hydrogens (tertiary/aromatic N) is 2. The number of hydrogen-bond donors (Lipinski definition) is 0. The maximum atomic E-state index is 5.15. The van der Waals surface area contributed by atoms with Crippen LogP contribution in [0.3, 0.4) is 0 Å². The molecule has 2 aromatic carbocycles. The summed E-state index contributed by atoms with van der Waals surface area (Å²) in [6, 6.07) is 15.7. The minimum Gasteiger partial charge on any atom is -0.497 e. The minimum atomic E-state index is 0.704. The van der Waals surface area contributed by atoms with Crippen LogP contribution in [0.4, 0.5) is 0 Å². The van der Waals surface area contributed by atoms with Crippen LogP contribution < -0.4 is 9.47 Å². The fraction of sp³-hybridized carbons (Fsp3) is 0.100. The average Bonchev–Trinajstić information content (AvgIpc) is 3.13. The van der Waals surface area contributed by atoms with Gasteiger partial charge in [-0.25, -0.2) is 4.98 Å². The van der Waals surface area contributed by atoms with E-state index in [0.717, 1.165) is 27.6 Å². The Morgan fingerprint density at radius 1 is 0.720 bits per heavy atom. The Bertz CT molecular complexity index is 793. The summed E-state index contributed by atoms with van der Waals surface area (Å²) >= 11 is 1.37. The van der Waals surface area contributed by atoms with E-state index in [2.05, 4.69) is 9.36 Å². The lowest BCUT2D eigenvalue weighted by Gasteiger charge is -1.98. The van der Waals surface area contributed by atoms with Crippen molar-refractivity contribution in [1.29, 1.82) is 0 Å². The van der Waals surface area contributed by atoms with E-state index in [4.69, 9.17) is 9.47 Å². The Hall–Kier alpha value is -2.92. The Balaban J connectivity index is 1.64. The van der Waals surface area contributed by atoms with E-state index in [9.17, 15) is 0 Å². The second kappa shape index (κ2) is 8.26. The molecule has 0 aliphatic heterocycles. The first-order valence-corrected chi connectivity index (χ1v) is 8.52. The molecule has 0 aliphatic rings. The van der Waals surface area contributed by atoms with Gasteiger partial charge in [0.2, 0.25) is 0 Å². The van der Waals surface area contributed by atoms with E-state index in [-0.39, 0.29) is 0 Å². The molecular weight excluding hydrogens is 332 g/mol. The first kappa shape index (κ1) is 16.9. The monoisotopic (exact) mass is 350 g/mol. The van der Waals surface area contributed by atoms with Crippen molar-refractivity contribution in [2.45, 2.75) is 0 Å². The molecule has 5 heteroatoms.